The second-order valence-corrected chi connectivity index (χ2v) is 7.05. The maximum atomic E-state index is 12.2. The number of carbonyl (C=O) groups excluding carboxylic acids is 1. The van der Waals surface area contributed by atoms with Crippen LogP contribution in [-0.4, -0.2) is 34.9 Å². The summed E-state index contributed by atoms with van der Waals surface area (Å²) >= 11 is 0. The van der Waals surface area contributed by atoms with Gasteiger partial charge in [0.1, 0.15) is 0 Å². The van der Waals surface area contributed by atoms with Crippen LogP contribution in [0.3, 0.4) is 0 Å². The minimum absolute atomic E-state index is 0.1000. The Morgan fingerprint density at radius 1 is 1.40 bits per heavy atom. The molecule has 1 heterocycles. The number of rotatable bonds is 5. The molecule has 0 N–H and O–H groups in total. The van der Waals surface area contributed by atoms with Gasteiger partial charge in [0.25, 0.3) is 0 Å². The standard InChI is InChI=1S/C17H28N2O/c1-6-13(2)18(5)9-10-19-8-7-14-15(19)11-17(3,4)12-16(14)20/h7-8,13H,6,9-12H2,1-5H3. The first-order valence-electron chi connectivity index (χ1n) is 7.75. The van der Waals surface area contributed by atoms with E-state index in [1.807, 2.05) is 6.07 Å². The summed E-state index contributed by atoms with van der Waals surface area (Å²) < 4.78 is 2.28. The van der Waals surface area contributed by atoms with Gasteiger partial charge in [-0.25, -0.2) is 0 Å². The van der Waals surface area contributed by atoms with Gasteiger partial charge in [-0.1, -0.05) is 20.8 Å². The highest BCUT2D eigenvalue weighted by Crippen LogP contribution is 2.35. The van der Waals surface area contributed by atoms with E-state index in [2.05, 4.69) is 50.4 Å². The lowest BCUT2D eigenvalue weighted by molar-refractivity contribution is 0.0909. The van der Waals surface area contributed by atoms with Crippen molar-refractivity contribution in [2.24, 2.45) is 5.41 Å². The third kappa shape index (κ3) is 3.14. The summed E-state index contributed by atoms with van der Waals surface area (Å²) in [6, 6.07) is 2.62. The van der Waals surface area contributed by atoms with Crippen LogP contribution < -0.4 is 0 Å². The van der Waals surface area contributed by atoms with Crippen molar-refractivity contribution >= 4 is 5.78 Å². The van der Waals surface area contributed by atoms with Gasteiger partial charge in [0.05, 0.1) is 0 Å². The van der Waals surface area contributed by atoms with E-state index in [1.54, 1.807) is 0 Å². The first-order valence-corrected chi connectivity index (χ1v) is 7.75. The third-order valence-corrected chi connectivity index (χ3v) is 4.70. The average Bonchev–Trinajstić information content (AvgIpc) is 2.76. The molecule has 0 saturated heterocycles. The molecule has 20 heavy (non-hydrogen) atoms. The first kappa shape index (κ1) is 15.3. The maximum absolute atomic E-state index is 12.2. The molecule has 0 aliphatic heterocycles. The monoisotopic (exact) mass is 276 g/mol. The Morgan fingerprint density at radius 2 is 2.10 bits per heavy atom. The van der Waals surface area contributed by atoms with E-state index >= 15 is 0 Å². The molecule has 1 aromatic rings. The molecule has 0 aromatic carbocycles. The van der Waals surface area contributed by atoms with Gasteiger partial charge in [0, 0.05) is 43.0 Å². The number of ketones is 1. The average molecular weight is 276 g/mol. The topological polar surface area (TPSA) is 25.2 Å². The van der Waals surface area contributed by atoms with Crippen LogP contribution in [0.25, 0.3) is 0 Å². The molecular weight excluding hydrogens is 248 g/mol. The molecule has 0 bridgehead atoms. The summed E-state index contributed by atoms with van der Waals surface area (Å²) in [5, 5.41) is 0. The molecule has 1 aliphatic rings. The lowest BCUT2D eigenvalue weighted by Crippen LogP contribution is -2.33. The van der Waals surface area contributed by atoms with Crippen molar-refractivity contribution in [3.63, 3.8) is 0 Å². The fourth-order valence-corrected chi connectivity index (χ4v) is 3.01. The molecule has 1 aliphatic carbocycles. The number of nitrogens with zero attached hydrogens (tertiary/aromatic N) is 2. The van der Waals surface area contributed by atoms with Crippen molar-refractivity contribution in [1.29, 1.82) is 0 Å². The van der Waals surface area contributed by atoms with Crippen LogP contribution in [0.2, 0.25) is 0 Å². The molecule has 0 amide bonds. The van der Waals surface area contributed by atoms with Gasteiger partial charge >= 0.3 is 0 Å². The quantitative estimate of drug-likeness (QED) is 0.824. The summed E-state index contributed by atoms with van der Waals surface area (Å²) in [4.78, 5) is 14.6. The highest BCUT2D eigenvalue weighted by molar-refractivity contribution is 5.98. The number of hydrogen-bond donors (Lipinski definition) is 0. The van der Waals surface area contributed by atoms with E-state index in [0.717, 1.165) is 25.1 Å². The molecule has 2 rings (SSSR count). The van der Waals surface area contributed by atoms with Crippen LogP contribution in [-0.2, 0) is 13.0 Å². The number of Topliss-reactive ketones (excluding diaryl/α,β-unsaturated/α-hetero) is 1. The van der Waals surface area contributed by atoms with Crippen LogP contribution in [0.15, 0.2) is 12.3 Å². The van der Waals surface area contributed by atoms with Crippen LogP contribution >= 0.6 is 0 Å². The molecule has 0 spiro atoms. The number of likely N-dealkylation sites (N-methyl/N-ethyl adjacent to an activating group) is 1. The SMILES string of the molecule is CCC(C)N(C)CCn1ccc2c1CC(C)(C)CC2=O. The van der Waals surface area contributed by atoms with E-state index in [1.165, 1.54) is 12.1 Å². The van der Waals surface area contributed by atoms with E-state index < -0.39 is 0 Å². The number of fused-ring (bicyclic) bond motifs is 1. The minimum atomic E-state index is 0.1000. The van der Waals surface area contributed by atoms with E-state index in [-0.39, 0.29) is 5.41 Å². The Hall–Kier alpha value is -1.09. The Morgan fingerprint density at radius 3 is 2.75 bits per heavy atom. The molecule has 0 saturated carbocycles. The van der Waals surface area contributed by atoms with Gasteiger partial charge in [-0.05, 0) is 38.3 Å². The van der Waals surface area contributed by atoms with Gasteiger partial charge in [-0.2, -0.15) is 0 Å². The van der Waals surface area contributed by atoms with Gasteiger partial charge in [0.15, 0.2) is 5.78 Å². The predicted octanol–water partition coefficient (Wildman–Crippen LogP) is 3.37. The van der Waals surface area contributed by atoms with Gasteiger partial charge < -0.3 is 9.47 Å². The first-order chi connectivity index (χ1) is 9.34. The Bertz CT molecular complexity index is 487. The second-order valence-electron chi connectivity index (χ2n) is 7.05. The number of carbonyl (C=O) groups is 1. The van der Waals surface area contributed by atoms with Crippen molar-refractivity contribution in [2.75, 3.05) is 13.6 Å². The van der Waals surface area contributed by atoms with Crippen molar-refractivity contribution in [3.05, 3.63) is 23.5 Å². The molecular formula is C17H28N2O. The smallest absolute Gasteiger partial charge is 0.165 e. The highest BCUT2D eigenvalue weighted by atomic mass is 16.1. The molecule has 3 heteroatoms. The predicted molar refractivity (Wildman–Crippen MR) is 83.2 cm³/mol. The van der Waals surface area contributed by atoms with Gasteiger partial charge in [-0.3, -0.25) is 4.79 Å². The zero-order valence-electron chi connectivity index (χ0n) is 13.6. The molecule has 1 atom stereocenters. The lowest BCUT2D eigenvalue weighted by Gasteiger charge is -2.30. The van der Waals surface area contributed by atoms with Crippen LogP contribution in [0.4, 0.5) is 0 Å². The highest BCUT2D eigenvalue weighted by Gasteiger charge is 2.32. The summed E-state index contributed by atoms with van der Waals surface area (Å²) in [6.45, 7) is 10.9. The summed E-state index contributed by atoms with van der Waals surface area (Å²) in [5.41, 5.74) is 2.29. The summed E-state index contributed by atoms with van der Waals surface area (Å²) in [6.07, 6.45) is 4.95. The molecule has 0 radical (unpaired) electrons. The van der Waals surface area contributed by atoms with Crippen molar-refractivity contribution in [2.45, 2.75) is 59.5 Å². The zero-order chi connectivity index (χ0) is 14.9. The van der Waals surface area contributed by atoms with Crippen molar-refractivity contribution in [3.8, 4) is 0 Å². The van der Waals surface area contributed by atoms with Crippen molar-refractivity contribution in [1.82, 2.24) is 9.47 Å². The zero-order valence-corrected chi connectivity index (χ0v) is 13.6. The fraction of sp³-hybridized carbons (Fsp3) is 0.706. The molecule has 3 nitrogen and oxygen atoms in total. The molecule has 112 valence electrons. The molecule has 0 fully saturated rings. The maximum Gasteiger partial charge on any atom is 0.165 e. The Labute approximate surface area is 123 Å². The number of aromatic nitrogens is 1. The normalized spacial score (nSPS) is 19.2. The van der Waals surface area contributed by atoms with Crippen molar-refractivity contribution < 1.29 is 4.79 Å². The van der Waals surface area contributed by atoms with Gasteiger partial charge in [-0.15, -0.1) is 0 Å². The Kier molecular flexibility index (Phi) is 4.38. The van der Waals surface area contributed by atoms with E-state index in [4.69, 9.17) is 0 Å². The molecule has 1 aromatic heterocycles. The molecule has 1 unspecified atom stereocenters. The van der Waals surface area contributed by atoms with Crippen LogP contribution in [0, 0.1) is 5.41 Å². The third-order valence-electron chi connectivity index (χ3n) is 4.70. The number of hydrogen-bond acceptors (Lipinski definition) is 2. The van der Waals surface area contributed by atoms with Crippen LogP contribution in [0.1, 0.15) is 56.6 Å². The second kappa shape index (κ2) is 5.72. The largest absolute Gasteiger partial charge is 0.349 e. The van der Waals surface area contributed by atoms with Crippen LogP contribution in [0.5, 0.6) is 0 Å². The minimum Gasteiger partial charge on any atom is -0.349 e. The fourth-order valence-electron chi connectivity index (χ4n) is 3.01. The summed E-state index contributed by atoms with van der Waals surface area (Å²) in [7, 11) is 2.18. The van der Waals surface area contributed by atoms with E-state index in [9.17, 15) is 4.79 Å². The Balaban J connectivity index is 2.10. The van der Waals surface area contributed by atoms with E-state index in [0.29, 0.717) is 18.2 Å². The lowest BCUT2D eigenvalue weighted by atomic mass is 9.76. The van der Waals surface area contributed by atoms with Gasteiger partial charge in [0.2, 0.25) is 0 Å². The summed E-state index contributed by atoms with van der Waals surface area (Å²) in [5.74, 6) is 0.310.